The van der Waals surface area contributed by atoms with Crippen molar-refractivity contribution in [3.8, 4) is 11.5 Å². The lowest BCUT2D eigenvalue weighted by molar-refractivity contribution is -0.124. The van der Waals surface area contributed by atoms with Gasteiger partial charge >= 0.3 is 0 Å². The third-order valence-electron chi connectivity index (χ3n) is 5.92. The molecule has 4 rings (SSSR count). The van der Waals surface area contributed by atoms with Crippen molar-refractivity contribution in [1.29, 1.82) is 0 Å². The monoisotopic (exact) mass is 436 g/mol. The number of carbonyl (C=O) groups is 1. The Labute approximate surface area is 188 Å². The number of hydrogen-bond donors (Lipinski definition) is 0. The second-order valence-electron chi connectivity index (χ2n) is 7.96. The molecule has 1 aliphatic carbocycles. The molecule has 0 spiro atoms. The van der Waals surface area contributed by atoms with Gasteiger partial charge in [-0.3, -0.25) is 9.69 Å². The van der Waals surface area contributed by atoms with Gasteiger partial charge in [0, 0.05) is 6.04 Å². The van der Waals surface area contributed by atoms with Crippen LogP contribution < -0.4 is 9.47 Å². The smallest absolute Gasteiger partial charge is 0.267 e. The molecule has 162 valence electrons. The molecule has 2 atom stereocenters. The lowest BCUT2D eigenvalue weighted by Crippen LogP contribution is -2.44. The molecule has 1 heterocycles. The van der Waals surface area contributed by atoms with E-state index in [1.165, 1.54) is 18.2 Å². The van der Waals surface area contributed by atoms with E-state index < -0.39 is 0 Å². The number of methoxy groups -OCH3 is 2. The topological polar surface area (TPSA) is 51.1 Å². The van der Waals surface area contributed by atoms with Crippen LogP contribution in [0, 0.1) is 5.92 Å². The number of ether oxygens (including phenoxy) is 2. The van der Waals surface area contributed by atoms with Crippen LogP contribution >= 0.6 is 11.8 Å². The third kappa shape index (κ3) is 4.64. The van der Waals surface area contributed by atoms with E-state index in [4.69, 9.17) is 14.5 Å². The van der Waals surface area contributed by atoms with Crippen LogP contribution in [-0.4, -0.2) is 36.2 Å². The number of amides is 1. The molecule has 1 saturated carbocycles. The minimum absolute atomic E-state index is 0.0354. The Hall–Kier alpha value is -2.73. The van der Waals surface area contributed by atoms with Crippen LogP contribution in [0.1, 0.15) is 38.2 Å². The summed E-state index contributed by atoms with van der Waals surface area (Å²) in [6, 6.07) is 15.7. The minimum Gasteiger partial charge on any atom is -0.493 e. The molecule has 2 aromatic rings. The Balaban J connectivity index is 1.71. The van der Waals surface area contributed by atoms with Crippen molar-refractivity contribution in [2.75, 3.05) is 14.2 Å². The van der Waals surface area contributed by atoms with Gasteiger partial charge in [-0.05, 0) is 66.4 Å². The maximum absolute atomic E-state index is 13.5. The highest BCUT2D eigenvalue weighted by molar-refractivity contribution is 8.18. The molecule has 5 nitrogen and oxygen atoms in total. The standard InChI is InChI=1S/C25H28N2O3S/c1-17-9-7-8-12-20(17)27-24(28)23(31-25(27)26-19-10-5-4-6-11-19)16-18-13-14-21(29-2)22(15-18)30-3/h4-6,10-11,13-17,20H,7-9,12H2,1-3H3/b23-16-,26-25?/t17-,20-/m0/s1. The fourth-order valence-corrected chi connectivity index (χ4v) is 5.29. The molecule has 2 fully saturated rings. The predicted molar refractivity (Wildman–Crippen MR) is 127 cm³/mol. The summed E-state index contributed by atoms with van der Waals surface area (Å²) in [6.45, 7) is 2.25. The maximum Gasteiger partial charge on any atom is 0.267 e. The average Bonchev–Trinajstić information content (AvgIpc) is 3.09. The zero-order chi connectivity index (χ0) is 21.8. The molecule has 31 heavy (non-hydrogen) atoms. The van der Waals surface area contributed by atoms with E-state index in [0.717, 1.165) is 35.7 Å². The Kier molecular flexibility index (Phi) is 6.66. The molecule has 6 heteroatoms. The number of benzene rings is 2. The van der Waals surface area contributed by atoms with E-state index in [0.29, 0.717) is 22.3 Å². The number of aliphatic imine (C=N–C) groups is 1. The second-order valence-corrected chi connectivity index (χ2v) is 8.97. The molecule has 1 saturated heterocycles. The van der Waals surface area contributed by atoms with E-state index in [2.05, 4.69) is 6.92 Å². The van der Waals surface area contributed by atoms with Crippen LogP contribution in [0.2, 0.25) is 0 Å². The highest BCUT2D eigenvalue weighted by atomic mass is 32.2. The van der Waals surface area contributed by atoms with Crippen molar-refractivity contribution >= 4 is 34.6 Å². The molecule has 0 unspecified atom stereocenters. The number of rotatable bonds is 5. The van der Waals surface area contributed by atoms with Crippen LogP contribution in [0.3, 0.4) is 0 Å². The molecule has 0 radical (unpaired) electrons. The summed E-state index contributed by atoms with van der Waals surface area (Å²) < 4.78 is 10.7. The minimum atomic E-state index is 0.0354. The first-order valence-corrected chi connectivity index (χ1v) is 11.5. The number of hydrogen-bond acceptors (Lipinski definition) is 5. The Morgan fingerprint density at radius 3 is 2.48 bits per heavy atom. The fourth-order valence-electron chi connectivity index (χ4n) is 4.24. The van der Waals surface area contributed by atoms with Gasteiger partial charge in [0.2, 0.25) is 0 Å². The summed E-state index contributed by atoms with van der Waals surface area (Å²) in [5.41, 5.74) is 1.75. The fraction of sp³-hybridized carbons (Fsp3) is 0.360. The van der Waals surface area contributed by atoms with Gasteiger partial charge in [0.15, 0.2) is 16.7 Å². The van der Waals surface area contributed by atoms with Crippen LogP contribution in [0.25, 0.3) is 6.08 Å². The molecule has 2 aromatic carbocycles. The molecule has 0 N–H and O–H groups in total. The third-order valence-corrected chi connectivity index (χ3v) is 6.90. The number of thioether (sulfide) groups is 1. The number of nitrogens with zero attached hydrogens (tertiary/aromatic N) is 2. The predicted octanol–water partition coefficient (Wildman–Crippen LogP) is 5.89. The van der Waals surface area contributed by atoms with Crippen molar-refractivity contribution in [3.05, 3.63) is 59.0 Å². The summed E-state index contributed by atoms with van der Waals surface area (Å²) in [5, 5.41) is 0.765. The van der Waals surface area contributed by atoms with E-state index in [9.17, 15) is 4.79 Å². The highest BCUT2D eigenvalue weighted by Gasteiger charge is 2.41. The molecular weight excluding hydrogens is 408 g/mol. The molecular formula is C25H28N2O3S. The molecule has 2 aliphatic rings. The first-order chi connectivity index (χ1) is 15.1. The van der Waals surface area contributed by atoms with Crippen LogP contribution in [0.15, 0.2) is 58.4 Å². The zero-order valence-corrected chi connectivity index (χ0v) is 19.0. The summed E-state index contributed by atoms with van der Waals surface area (Å²) in [5.74, 6) is 1.80. The average molecular weight is 437 g/mol. The lowest BCUT2D eigenvalue weighted by Gasteiger charge is -2.35. The van der Waals surface area contributed by atoms with Gasteiger partial charge in [-0.15, -0.1) is 0 Å². The van der Waals surface area contributed by atoms with Crippen molar-refractivity contribution in [1.82, 2.24) is 4.90 Å². The Morgan fingerprint density at radius 2 is 1.77 bits per heavy atom. The number of amidine groups is 1. The summed E-state index contributed by atoms with van der Waals surface area (Å²) in [4.78, 5) is 21.0. The van der Waals surface area contributed by atoms with E-state index >= 15 is 0 Å². The van der Waals surface area contributed by atoms with Gasteiger partial charge in [0.1, 0.15) is 0 Å². The number of para-hydroxylation sites is 1. The lowest BCUT2D eigenvalue weighted by atomic mass is 9.85. The molecule has 0 bridgehead atoms. The molecule has 0 aromatic heterocycles. The molecule has 1 aliphatic heterocycles. The Morgan fingerprint density at radius 1 is 1.03 bits per heavy atom. The van der Waals surface area contributed by atoms with Gasteiger partial charge in [0.25, 0.3) is 5.91 Å². The zero-order valence-electron chi connectivity index (χ0n) is 18.2. The van der Waals surface area contributed by atoms with Crippen molar-refractivity contribution in [2.24, 2.45) is 10.9 Å². The summed E-state index contributed by atoms with van der Waals surface area (Å²) >= 11 is 1.45. The normalized spacial score (nSPS) is 24.1. The summed E-state index contributed by atoms with van der Waals surface area (Å²) in [7, 11) is 3.23. The maximum atomic E-state index is 13.5. The summed E-state index contributed by atoms with van der Waals surface area (Å²) in [6.07, 6.45) is 6.46. The Bertz CT molecular complexity index is 1000. The van der Waals surface area contributed by atoms with E-state index in [-0.39, 0.29) is 11.9 Å². The quantitative estimate of drug-likeness (QED) is 0.549. The van der Waals surface area contributed by atoms with Crippen LogP contribution in [0.4, 0.5) is 5.69 Å². The van der Waals surface area contributed by atoms with Crippen LogP contribution in [-0.2, 0) is 4.79 Å². The van der Waals surface area contributed by atoms with E-state index in [1.54, 1.807) is 14.2 Å². The first-order valence-electron chi connectivity index (χ1n) is 10.7. The van der Waals surface area contributed by atoms with Gasteiger partial charge in [-0.25, -0.2) is 4.99 Å². The highest BCUT2D eigenvalue weighted by Crippen LogP contribution is 2.40. The molecule has 1 amide bonds. The van der Waals surface area contributed by atoms with Crippen molar-refractivity contribution in [3.63, 3.8) is 0 Å². The SMILES string of the molecule is COc1ccc(/C=C2\SC(=Nc3ccccc3)N([C@H]3CCCC[C@@H]3C)C2=O)cc1OC. The van der Waals surface area contributed by atoms with Gasteiger partial charge in [-0.2, -0.15) is 0 Å². The van der Waals surface area contributed by atoms with E-state index in [1.807, 2.05) is 59.5 Å². The van der Waals surface area contributed by atoms with Crippen LogP contribution in [0.5, 0.6) is 11.5 Å². The number of carbonyl (C=O) groups excluding carboxylic acids is 1. The first kappa shape index (κ1) is 21.5. The van der Waals surface area contributed by atoms with Gasteiger partial charge in [0.05, 0.1) is 24.8 Å². The van der Waals surface area contributed by atoms with Crippen molar-refractivity contribution < 1.29 is 14.3 Å². The van der Waals surface area contributed by atoms with Gasteiger partial charge in [-0.1, -0.05) is 44.0 Å². The van der Waals surface area contributed by atoms with Gasteiger partial charge < -0.3 is 9.47 Å². The van der Waals surface area contributed by atoms with Crippen molar-refractivity contribution in [2.45, 2.75) is 38.6 Å². The second kappa shape index (κ2) is 9.60. The largest absolute Gasteiger partial charge is 0.493 e.